The van der Waals surface area contributed by atoms with Gasteiger partial charge in [0.15, 0.2) is 6.73 Å². The summed E-state index contributed by atoms with van der Waals surface area (Å²) in [6.45, 7) is 6.13. The van der Waals surface area contributed by atoms with Crippen LogP contribution in [0.15, 0.2) is 41.1 Å². The third-order valence-electron chi connectivity index (χ3n) is 1.30. The van der Waals surface area contributed by atoms with Crippen molar-refractivity contribution in [1.82, 2.24) is 0 Å². The topological polar surface area (TPSA) is 21.6 Å². The highest BCUT2D eigenvalue weighted by molar-refractivity contribution is 5.83. The lowest BCUT2D eigenvalue weighted by molar-refractivity contribution is 0.228. The van der Waals surface area contributed by atoms with Crippen molar-refractivity contribution < 1.29 is 4.74 Å². The number of hydrogen-bond donors (Lipinski definition) is 0. The first-order valence-corrected chi connectivity index (χ1v) is 3.49. The number of allylic oxidation sites excluding steroid dienone is 4. The van der Waals surface area contributed by atoms with Gasteiger partial charge in [-0.3, -0.25) is 4.99 Å². The lowest BCUT2D eigenvalue weighted by atomic mass is 10.2. The van der Waals surface area contributed by atoms with Gasteiger partial charge in [0.2, 0.25) is 0 Å². The SMILES string of the molecule is C=C1C=NCO/C1=C/C=C\C. The fourth-order valence-corrected chi connectivity index (χ4v) is 0.749. The van der Waals surface area contributed by atoms with Gasteiger partial charge in [-0.1, -0.05) is 18.7 Å². The van der Waals surface area contributed by atoms with Crippen molar-refractivity contribution in [2.24, 2.45) is 4.99 Å². The first-order valence-electron chi connectivity index (χ1n) is 3.49. The number of ether oxygens (including phenoxy) is 1. The molecule has 0 unspecified atom stereocenters. The van der Waals surface area contributed by atoms with Crippen molar-refractivity contribution in [1.29, 1.82) is 0 Å². The molecule has 0 bridgehead atoms. The van der Waals surface area contributed by atoms with Crippen LogP contribution in [0.5, 0.6) is 0 Å². The summed E-state index contributed by atoms with van der Waals surface area (Å²) in [7, 11) is 0. The molecule has 0 amide bonds. The molecule has 0 atom stereocenters. The van der Waals surface area contributed by atoms with Crippen LogP contribution in [0.25, 0.3) is 0 Å². The average Bonchev–Trinajstić information content (AvgIpc) is 2.03. The third kappa shape index (κ3) is 2.08. The Hall–Kier alpha value is -1.31. The van der Waals surface area contributed by atoms with Crippen LogP contribution in [0.1, 0.15) is 6.92 Å². The summed E-state index contributed by atoms with van der Waals surface area (Å²) in [5.74, 6) is 0.804. The smallest absolute Gasteiger partial charge is 0.179 e. The zero-order valence-corrected chi connectivity index (χ0v) is 6.58. The molecule has 11 heavy (non-hydrogen) atoms. The van der Waals surface area contributed by atoms with Crippen LogP contribution in [0.4, 0.5) is 0 Å². The molecule has 0 saturated carbocycles. The maximum atomic E-state index is 5.20. The summed E-state index contributed by atoms with van der Waals surface area (Å²) >= 11 is 0. The van der Waals surface area contributed by atoms with Crippen LogP contribution in [-0.4, -0.2) is 12.9 Å². The van der Waals surface area contributed by atoms with Crippen LogP contribution in [-0.2, 0) is 4.74 Å². The van der Waals surface area contributed by atoms with E-state index in [0.29, 0.717) is 6.73 Å². The molecule has 1 heterocycles. The van der Waals surface area contributed by atoms with E-state index in [1.165, 1.54) is 0 Å². The van der Waals surface area contributed by atoms with Gasteiger partial charge in [0, 0.05) is 11.8 Å². The van der Waals surface area contributed by atoms with Gasteiger partial charge in [-0.05, 0) is 13.0 Å². The molecular weight excluding hydrogens is 138 g/mol. The molecular formula is C9H11NO. The van der Waals surface area contributed by atoms with Gasteiger partial charge < -0.3 is 4.74 Å². The van der Waals surface area contributed by atoms with Gasteiger partial charge >= 0.3 is 0 Å². The second kappa shape index (κ2) is 3.76. The first kappa shape index (κ1) is 7.79. The van der Waals surface area contributed by atoms with Gasteiger partial charge in [0.05, 0.1) is 0 Å². The molecule has 0 saturated heterocycles. The minimum Gasteiger partial charge on any atom is -0.471 e. The van der Waals surface area contributed by atoms with Gasteiger partial charge in [-0.15, -0.1) is 0 Å². The van der Waals surface area contributed by atoms with E-state index in [2.05, 4.69) is 11.6 Å². The van der Waals surface area contributed by atoms with Crippen LogP contribution in [0, 0.1) is 0 Å². The Morgan fingerprint density at radius 2 is 2.55 bits per heavy atom. The standard InChI is InChI=1S/C9H11NO/c1-3-4-5-9-8(2)6-10-7-11-9/h3-6H,2,7H2,1H3/b4-3-,9-5+. The first-order chi connectivity index (χ1) is 5.34. The van der Waals surface area contributed by atoms with Crippen LogP contribution in [0.3, 0.4) is 0 Å². The molecule has 0 N–H and O–H groups in total. The van der Waals surface area contributed by atoms with Crippen molar-refractivity contribution in [2.45, 2.75) is 6.92 Å². The van der Waals surface area contributed by atoms with Crippen molar-refractivity contribution in [3.8, 4) is 0 Å². The van der Waals surface area contributed by atoms with Crippen molar-refractivity contribution in [3.63, 3.8) is 0 Å². The zero-order valence-electron chi connectivity index (χ0n) is 6.58. The molecule has 58 valence electrons. The Bertz CT molecular complexity index is 236. The maximum Gasteiger partial charge on any atom is 0.179 e. The summed E-state index contributed by atoms with van der Waals surface area (Å²) in [4.78, 5) is 3.90. The molecule has 1 aliphatic heterocycles. The molecule has 0 fully saturated rings. The van der Waals surface area contributed by atoms with E-state index in [9.17, 15) is 0 Å². The summed E-state index contributed by atoms with van der Waals surface area (Å²) in [6.07, 6.45) is 7.46. The molecule has 2 heteroatoms. The van der Waals surface area contributed by atoms with Gasteiger partial charge in [-0.2, -0.15) is 0 Å². The minimum absolute atomic E-state index is 0.405. The fourth-order valence-electron chi connectivity index (χ4n) is 0.749. The predicted molar refractivity (Wildman–Crippen MR) is 46.5 cm³/mol. The Kier molecular flexibility index (Phi) is 2.66. The Morgan fingerprint density at radius 1 is 1.73 bits per heavy atom. The average molecular weight is 149 g/mol. The summed E-state index contributed by atoms with van der Waals surface area (Å²) in [5.41, 5.74) is 0.828. The molecule has 0 aromatic rings. The van der Waals surface area contributed by atoms with Crippen molar-refractivity contribution >= 4 is 6.21 Å². The quantitative estimate of drug-likeness (QED) is 0.559. The molecule has 0 spiro atoms. The van der Waals surface area contributed by atoms with Gasteiger partial charge in [0.25, 0.3) is 0 Å². The predicted octanol–water partition coefficient (Wildman–Crippen LogP) is 2.06. The van der Waals surface area contributed by atoms with E-state index in [1.807, 2.05) is 25.2 Å². The van der Waals surface area contributed by atoms with E-state index >= 15 is 0 Å². The molecule has 1 rings (SSSR count). The van der Waals surface area contributed by atoms with Crippen LogP contribution < -0.4 is 0 Å². The normalized spacial score (nSPS) is 21.2. The highest BCUT2D eigenvalue weighted by Crippen LogP contribution is 2.11. The molecule has 0 aliphatic carbocycles. The summed E-state index contributed by atoms with van der Waals surface area (Å²) < 4.78 is 5.20. The number of rotatable bonds is 1. The summed E-state index contributed by atoms with van der Waals surface area (Å²) in [6, 6.07) is 0. The summed E-state index contributed by atoms with van der Waals surface area (Å²) in [5, 5.41) is 0. The lowest BCUT2D eigenvalue weighted by Gasteiger charge is -2.11. The molecule has 0 radical (unpaired) electrons. The molecule has 0 aromatic heterocycles. The van der Waals surface area contributed by atoms with Crippen LogP contribution >= 0.6 is 0 Å². The van der Waals surface area contributed by atoms with E-state index in [4.69, 9.17) is 4.74 Å². The third-order valence-corrected chi connectivity index (χ3v) is 1.30. The molecule has 1 aliphatic rings. The fraction of sp³-hybridized carbons (Fsp3) is 0.222. The van der Waals surface area contributed by atoms with Gasteiger partial charge in [-0.25, -0.2) is 0 Å². The van der Waals surface area contributed by atoms with Crippen molar-refractivity contribution in [2.75, 3.05) is 6.73 Å². The number of aliphatic imine (C=N–C) groups is 1. The minimum atomic E-state index is 0.405. The monoisotopic (exact) mass is 149 g/mol. The van der Waals surface area contributed by atoms with E-state index in [0.717, 1.165) is 11.3 Å². The lowest BCUT2D eigenvalue weighted by Crippen LogP contribution is -2.03. The van der Waals surface area contributed by atoms with Gasteiger partial charge in [0.1, 0.15) is 5.76 Å². The molecule has 0 aromatic carbocycles. The highest BCUT2D eigenvalue weighted by atomic mass is 16.5. The number of nitrogens with zero attached hydrogens (tertiary/aromatic N) is 1. The van der Waals surface area contributed by atoms with Crippen LogP contribution in [0.2, 0.25) is 0 Å². The Balaban J connectivity index is 2.72. The van der Waals surface area contributed by atoms with E-state index < -0.39 is 0 Å². The van der Waals surface area contributed by atoms with E-state index in [1.54, 1.807) is 6.21 Å². The Labute approximate surface area is 66.6 Å². The Morgan fingerprint density at radius 3 is 3.18 bits per heavy atom. The highest BCUT2D eigenvalue weighted by Gasteiger charge is 2.03. The second-order valence-electron chi connectivity index (χ2n) is 2.17. The second-order valence-corrected chi connectivity index (χ2v) is 2.17. The van der Waals surface area contributed by atoms with E-state index in [-0.39, 0.29) is 0 Å². The largest absolute Gasteiger partial charge is 0.471 e. The van der Waals surface area contributed by atoms with Crippen molar-refractivity contribution in [3.05, 3.63) is 36.1 Å². The maximum absolute atomic E-state index is 5.20. The zero-order chi connectivity index (χ0) is 8.10. The molecule has 2 nitrogen and oxygen atoms in total. The number of hydrogen-bond acceptors (Lipinski definition) is 2.